The number of fused-ring (bicyclic) bond motifs is 1. The van der Waals surface area contributed by atoms with E-state index in [0.717, 1.165) is 31.1 Å². The average molecular weight is 335 g/mol. The number of aliphatic hydroxyl groups excluding tert-OH is 2. The number of allylic oxidation sites excluding steroid dienone is 1. The van der Waals surface area contributed by atoms with Crippen LogP contribution in [0.2, 0.25) is 0 Å². The second kappa shape index (κ2) is 6.76. The van der Waals surface area contributed by atoms with Gasteiger partial charge in [0.15, 0.2) is 0 Å². The molecule has 0 saturated heterocycles. The van der Waals surface area contributed by atoms with Crippen molar-refractivity contribution in [2.24, 2.45) is 34.5 Å². The largest absolute Gasteiger partial charge is 0.396 e. The molecule has 24 heavy (non-hydrogen) atoms. The number of aliphatic hydroxyl groups is 2. The smallest absolute Gasteiger partial charge is 0.0544 e. The highest BCUT2D eigenvalue weighted by Crippen LogP contribution is 2.64. The Morgan fingerprint density at radius 2 is 1.88 bits per heavy atom. The van der Waals surface area contributed by atoms with E-state index in [1.807, 2.05) is 0 Å². The summed E-state index contributed by atoms with van der Waals surface area (Å²) in [6.45, 7) is 11.9. The summed E-state index contributed by atoms with van der Waals surface area (Å²) in [5.41, 5.74) is 2.05. The summed E-state index contributed by atoms with van der Waals surface area (Å²) < 4.78 is 0. The van der Waals surface area contributed by atoms with Gasteiger partial charge in [0.05, 0.1) is 6.10 Å². The van der Waals surface area contributed by atoms with Crippen LogP contribution in [0.25, 0.3) is 0 Å². The van der Waals surface area contributed by atoms with Gasteiger partial charge >= 0.3 is 0 Å². The predicted molar refractivity (Wildman–Crippen MR) is 99.6 cm³/mol. The van der Waals surface area contributed by atoms with Crippen molar-refractivity contribution in [1.29, 1.82) is 0 Å². The van der Waals surface area contributed by atoms with Crippen molar-refractivity contribution in [2.45, 2.75) is 84.7 Å². The highest BCUT2D eigenvalue weighted by atomic mass is 16.3. The van der Waals surface area contributed by atoms with Gasteiger partial charge in [0, 0.05) is 6.61 Å². The Labute approximate surface area is 148 Å². The number of hydrogen-bond acceptors (Lipinski definition) is 2. The lowest BCUT2D eigenvalue weighted by atomic mass is 9.49. The lowest BCUT2D eigenvalue weighted by molar-refractivity contribution is -0.0958. The highest BCUT2D eigenvalue weighted by molar-refractivity contribution is 5.20. The molecule has 0 aromatic carbocycles. The third-order valence-electron chi connectivity index (χ3n) is 8.59. The van der Waals surface area contributed by atoms with Crippen molar-refractivity contribution >= 4 is 0 Å². The van der Waals surface area contributed by atoms with Crippen LogP contribution in [-0.4, -0.2) is 22.9 Å². The van der Waals surface area contributed by atoms with Crippen molar-refractivity contribution in [3.8, 4) is 0 Å². The molecular formula is C22H38O2. The fraction of sp³-hybridized carbons (Fsp3) is 0.909. The molecule has 0 amide bonds. The van der Waals surface area contributed by atoms with Crippen LogP contribution in [0.4, 0.5) is 0 Å². The molecule has 2 heteroatoms. The summed E-state index contributed by atoms with van der Waals surface area (Å²) in [5.74, 6) is 2.51. The van der Waals surface area contributed by atoms with Gasteiger partial charge in [-0.2, -0.15) is 0 Å². The Bertz CT molecular complexity index is 473. The van der Waals surface area contributed by atoms with Crippen LogP contribution < -0.4 is 0 Å². The summed E-state index contributed by atoms with van der Waals surface area (Å²) in [5, 5.41) is 20.2. The van der Waals surface area contributed by atoms with E-state index in [2.05, 4.69) is 27.4 Å². The minimum Gasteiger partial charge on any atom is -0.396 e. The quantitative estimate of drug-likeness (QED) is 0.715. The molecule has 0 aliphatic heterocycles. The second-order valence-corrected chi connectivity index (χ2v) is 9.58. The van der Waals surface area contributed by atoms with Gasteiger partial charge in [-0.3, -0.25) is 0 Å². The van der Waals surface area contributed by atoms with Crippen LogP contribution in [0.1, 0.15) is 78.6 Å². The van der Waals surface area contributed by atoms with Gasteiger partial charge in [-0.1, -0.05) is 45.8 Å². The first-order chi connectivity index (χ1) is 11.4. The molecule has 0 heterocycles. The SMILES string of the molecule is C=C1CC[C@H]2[C@H](CCC)[C@@H]([C@@]3(C)CC[C@H](O)C[C@@H]3CO)CC[C@]12C. The van der Waals surface area contributed by atoms with Gasteiger partial charge in [-0.05, 0) is 79.4 Å². The van der Waals surface area contributed by atoms with Crippen LogP contribution in [0.3, 0.4) is 0 Å². The molecule has 0 spiro atoms. The van der Waals surface area contributed by atoms with E-state index in [1.165, 1.54) is 44.1 Å². The van der Waals surface area contributed by atoms with E-state index in [9.17, 15) is 10.2 Å². The molecule has 0 unspecified atom stereocenters. The number of rotatable bonds is 4. The average Bonchev–Trinajstić information content (AvgIpc) is 2.86. The molecule has 0 aromatic heterocycles. The van der Waals surface area contributed by atoms with Crippen LogP contribution >= 0.6 is 0 Å². The zero-order valence-corrected chi connectivity index (χ0v) is 16.1. The zero-order chi connectivity index (χ0) is 17.5. The first-order valence-electron chi connectivity index (χ1n) is 10.3. The molecule has 2 N–H and O–H groups in total. The van der Waals surface area contributed by atoms with Crippen LogP contribution in [-0.2, 0) is 0 Å². The van der Waals surface area contributed by atoms with Crippen molar-refractivity contribution in [1.82, 2.24) is 0 Å². The third-order valence-corrected chi connectivity index (χ3v) is 8.59. The van der Waals surface area contributed by atoms with Crippen LogP contribution in [0.5, 0.6) is 0 Å². The summed E-state index contributed by atoms with van der Waals surface area (Å²) >= 11 is 0. The van der Waals surface area contributed by atoms with Gasteiger partial charge in [0.1, 0.15) is 0 Å². The summed E-state index contributed by atoms with van der Waals surface area (Å²) in [6, 6.07) is 0. The maximum Gasteiger partial charge on any atom is 0.0544 e. The minimum absolute atomic E-state index is 0.194. The van der Waals surface area contributed by atoms with Gasteiger partial charge in [0.25, 0.3) is 0 Å². The highest BCUT2D eigenvalue weighted by Gasteiger charge is 2.56. The van der Waals surface area contributed by atoms with Gasteiger partial charge in [-0.25, -0.2) is 0 Å². The molecule has 0 radical (unpaired) electrons. The van der Waals surface area contributed by atoms with E-state index in [0.29, 0.717) is 11.3 Å². The Morgan fingerprint density at radius 1 is 1.12 bits per heavy atom. The molecule has 2 nitrogen and oxygen atoms in total. The first-order valence-corrected chi connectivity index (χ1v) is 10.3. The third kappa shape index (κ3) is 2.78. The molecule has 3 aliphatic carbocycles. The molecular weight excluding hydrogens is 296 g/mol. The summed E-state index contributed by atoms with van der Waals surface area (Å²) in [4.78, 5) is 0. The molecule has 7 atom stereocenters. The predicted octanol–water partition coefficient (Wildman–Crippen LogP) is 4.94. The Kier molecular flexibility index (Phi) is 5.20. The molecule has 0 aromatic rings. The summed E-state index contributed by atoms with van der Waals surface area (Å²) in [7, 11) is 0. The van der Waals surface area contributed by atoms with E-state index in [1.54, 1.807) is 0 Å². The fourth-order valence-corrected chi connectivity index (χ4v) is 6.92. The van der Waals surface area contributed by atoms with Crippen molar-refractivity contribution in [2.75, 3.05) is 6.61 Å². The lowest BCUT2D eigenvalue weighted by Gasteiger charge is -2.56. The Balaban J connectivity index is 1.90. The first kappa shape index (κ1) is 18.5. The Hall–Kier alpha value is -0.340. The van der Waals surface area contributed by atoms with Crippen molar-refractivity contribution < 1.29 is 10.2 Å². The summed E-state index contributed by atoms with van der Waals surface area (Å²) in [6.07, 6.45) is 10.2. The number of hydrogen-bond donors (Lipinski definition) is 2. The fourth-order valence-electron chi connectivity index (χ4n) is 6.92. The van der Waals surface area contributed by atoms with Crippen molar-refractivity contribution in [3.63, 3.8) is 0 Å². The van der Waals surface area contributed by atoms with Crippen LogP contribution in [0, 0.1) is 34.5 Å². The molecule has 3 rings (SSSR count). The lowest BCUT2D eigenvalue weighted by Crippen LogP contribution is -2.51. The minimum atomic E-state index is -0.208. The maximum atomic E-state index is 10.1. The van der Waals surface area contributed by atoms with Crippen molar-refractivity contribution in [3.05, 3.63) is 12.2 Å². The Morgan fingerprint density at radius 3 is 2.54 bits per heavy atom. The van der Waals surface area contributed by atoms with E-state index in [4.69, 9.17) is 0 Å². The molecule has 3 aliphatic rings. The molecule has 3 fully saturated rings. The standard InChI is InChI=1S/C22H38O2/c1-5-6-18-19-8-7-15(2)21(19,3)12-10-20(18)22(4)11-9-17(24)13-16(22)14-23/h16-20,23-24H,2,5-14H2,1,3-4H3/t16-,17+,18+,19+,20+,21-,22+/m1/s1. The van der Waals surface area contributed by atoms with Gasteiger partial charge in [-0.15, -0.1) is 0 Å². The van der Waals surface area contributed by atoms with Gasteiger partial charge in [0.2, 0.25) is 0 Å². The molecule has 3 saturated carbocycles. The van der Waals surface area contributed by atoms with E-state index in [-0.39, 0.29) is 24.0 Å². The van der Waals surface area contributed by atoms with E-state index < -0.39 is 0 Å². The normalized spacial score (nSPS) is 49.2. The molecule has 0 bridgehead atoms. The zero-order valence-electron chi connectivity index (χ0n) is 16.1. The van der Waals surface area contributed by atoms with E-state index >= 15 is 0 Å². The maximum absolute atomic E-state index is 10.1. The van der Waals surface area contributed by atoms with Gasteiger partial charge < -0.3 is 10.2 Å². The monoisotopic (exact) mass is 334 g/mol. The second-order valence-electron chi connectivity index (χ2n) is 9.58. The topological polar surface area (TPSA) is 40.5 Å². The van der Waals surface area contributed by atoms with Crippen LogP contribution in [0.15, 0.2) is 12.2 Å². The molecule has 138 valence electrons.